The van der Waals surface area contributed by atoms with E-state index in [4.69, 9.17) is 9.16 Å². The van der Waals surface area contributed by atoms with Gasteiger partial charge >= 0.3 is 5.97 Å². The number of hydrogen-bond donors (Lipinski definition) is 1. The van der Waals surface area contributed by atoms with Crippen LogP contribution in [0.4, 0.5) is 0 Å². The number of aliphatic hydroxyl groups is 1. The summed E-state index contributed by atoms with van der Waals surface area (Å²) in [4.78, 5) is 24.1. The first-order valence-electron chi connectivity index (χ1n) is 11.7. The molecule has 174 valence electrons. The van der Waals surface area contributed by atoms with Crippen LogP contribution < -0.4 is 0 Å². The van der Waals surface area contributed by atoms with E-state index >= 15 is 0 Å². The minimum atomic E-state index is -2.00. The molecule has 0 spiro atoms. The van der Waals surface area contributed by atoms with Gasteiger partial charge in [0.05, 0.1) is 28.6 Å². The molecule has 0 saturated heterocycles. The SMILES string of the molecule is CC(=O)OC[C@]12C=CC(=O)C[C@@]1(O)CC[C@@H]1C2=CC[C@]2(C)[C@@H](C#N)CC[C@]12O[Si](C)(C)C. The molecule has 0 heterocycles. The number of fused-ring (bicyclic) bond motifs is 5. The van der Waals surface area contributed by atoms with Crippen LogP contribution in [0.15, 0.2) is 23.8 Å². The van der Waals surface area contributed by atoms with Crippen molar-refractivity contribution in [3.63, 3.8) is 0 Å². The number of esters is 1. The maximum absolute atomic E-state index is 12.3. The molecule has 6 nitrogen and oxygen atoms in total. The molecule has 1 N–H and O–H groups in total. The number of carbonyl (C=O) groups excluding carboxylic acids is 2. The summed E-state index contributed by atoms with van der Waals surface area (Å²) in [6, 6.07) is 2.56. The summed E-state index contributed by atoms with van der Waals surface area (Å²) in [5.41, 5.74) is -2.04. The molecule has 4 rings (SSSR count). The summed E-state index contributed by atoms with van der Waals surface area (Å²) < 4.78 is 12.6. The highest BCUT2D eigenvalue weighted by molar-refractivity contribution is 6.69. The first-order chi connectivity index (χ1) is 14.8. The van der Waals surface area contributed by atoms with E-state index in [0.717, 1.165) is 18.4 Å². The Kier molecular flexibility index (Phi) is 5.40. The minimum absolute atomic E-state index is 0.00000945. The Labute approximate surface area is 191 Å². The zero-order valence-corrected chi connectivity index (χ0v) is 20.9. The molecule has 0 bridgehead atoms. The monoisotopic (exact) mass is 457 g/mol. The van der Waals surface area contributed by atoms with Gasteiger partial charge in [0.25, 0.3) is 0 Å². The average Bonchev–Trinajstić information content (AvgIpc) is 2.96. The van der Waals surface area contributed by atoms with Crippen molar-refractivity contribution in [3.8, 4) is 6.07 Å². The van der Waals surface area contributed by atoms with Gasteiger partial charge in [0, 0.05) is 24.7 Å². The van der Waals surface area contributed by atoms with Crippen LogP contribution in [0.3, 0.4) is 0 Å². The van der Waals surface area contributed by atoms with Crippen LogP contribution in [0.5, 0.6) is 0 Å². The van der Waals surface area contributed by atoms with Crippen LogP contribution in [0.25, 0.3) is 0 Å². The number of nitriles is 1. The predicted octanol–water partition coefficient (Wildman–Crippen LogP) is 4.07. The number of ether oxygens (including phenoxy) is 1. The van der Waals surface area contributed by atoms with Crippen LogP contribution >= 0.6 is 0 Å². The van der Waals surface area contributed by atoms with Gasteiger partial charge in [-0.1, -0.05) is 24.6 Å². The number of ketones is 1. The summed E-state index contributed by atoms with van der Waals surface area (Å²) in [5, 5.41) is 21.8. The highest BCUT2D eigenvalue weighted by Crippen LogP contribution is 2.68. The van der Waals surface area contributed by atoms with E-state index in [1.807, 2.05) is 0 Å². The lowest BCUT2D eigenvalue weighted by Gasteiger charge is -2.63. The Bertz CT molecular complexity index is 945. The molecule has 0 amide bonds. The van der Waals surface area contributed by atoms with Crippen molar-refractivity contribution in [1.29, 1.82) is 5.26 Å². The van der Waals surface area contributed by atoms with Gasteiger partial charge < -0.3 is 14.3 Å². The Morgan fingerprint density at radius 3 is 2.66 bits per heavy atom. The molecule has 0 aliphatic heterocycles. The number of allylic oxidation sites excluding steroid dienone is 2. The molecule has 6 atom stereocenters. The molecule has 2 fully saturated rings. The molecule has 4 aliphatic carbocycles. The minimum Gasteiger partial charge on any atom is -0.464 e. The smallest absolute Gasteiger partial charge is 0.302 e. The number of hydrogen-bond acceptors (Lipinski definition) is 6. The van der Waals surface area contributed by atoms with Gasteiger partial charge in [0.2, 0.25) is 0 Å². The molecule has 4 aliphatic rings. The zero-order valence-electron chi connectivity index (χ0n) is 19.9. The van der Waals surface area contributed by atoms with Gasteiger partial charge in [0.1, 0.15) is 6.61 Å². The summed E-state index contributed by atoms with van der Waals surface area (Å²) in [7, 11) is -2.00. The van der Waals surface area contributed by atoms with Crippen molar-refractivity contribution in [2.24, 2.45) is 22.7 Å². The first-order valence-corrected chi connectivity index (χ1v) is 15.1. The molecule has 7 heteroatoms. The molecule has 0 unspecified atom stereocenters. The summed E-state index contributed by atoms with van der Waals surface area (Å²) >= 11 is 0. The Morgan fingerprint density at radius 1 is 1.31 bits per heavy atom. The van der Waals surface area contributed by atoms with Crippen molar-refractivity contribution in [1.82, 2.24) is 0 Å². The standard InChI is InChI=1S/C25H35NO5Si/c1-17(27)30-16-23-11-7-19(28)14-24(23,29)12-9-21-20(23)8-10-22(2)18(15-26)6-13-25(21,22)31-32(3,4)5/h7-8,11,18,21,29H,6,9-10,12-14,16H2,1-5H3/t18-,21-,22-,23+,24+,25+/m1/s1. The lowest BCUT2D eigenvalue weighted by molar-refractivity contribution is -0.167. The van der Waals surface area contributed by atoms with E-state index in [1.54, 1.807) is 6.08 Å². The van der Waals surface area contributed by atoms with Crippen molar-refractivity contribution >= 4 is 20.1 Å². The fourth-order valence-electron chi connectivity index (χ4n) is 7.17. The third-order valence-corrected chi connectivity index (χ3v) is 9.56. The zero-order chi connectivity index (χ0) is 23.6. The second-order valence-electron chi connectivity index (χ2n) is 11.5. The molecule has 0 radical (unpaired) electrons. The number of carbonyl (C=O) groups is 2. The van der Waals surface area contributed by atoms with Crippen LogP contribution in [0.1, 0.15) is 52.4 Å². The highest BCUT2D eigenvalue weighted by Gasteiger charge is 2.70. The Hall–Kier alpha value is -1.75. The second-order valence-corrected chi connectivity index (χ2v) is 15.9. The molecular weight excluding hydrogens is 422 g/mol. The van der Waals surface area contributed by atoms with Crippen LogP contribution in [0.2, 0.25) is 19.6 Å². The largest absolute Gasteiger partial charge is 0.464 e. The molecule has 32 heavy (non-hydrogen) atoms. The van der Waals surface area contributed by atoms with Gasteiger partial charge in [-0.25, -0.2) is 0 Å². The normalized spacial score (nSPS) is 42.9. The first kappa shape index (κ1) is 23.4. The molecule has 2 saturated carbocycles. The summed E-state index contributed by atoms with van der Waals surface area (Å²) in [5.74, 6) is -0.608. The van der Waals surface area contributed by atoms with Crippen molar-refractivity contribution in [3.05, 3.63) is 23.8 Å². The van der Waals surface area contributed by atoms with Crippen LogP contribution in [0, 0.1) is 34.0 Å². The van der Waals surface area contributed by atoms with Crippen LogP contribution in [-0.2, 0) is 18.8 Å². The average molecular weight is 458 g/mol. The van der Waals surface area contributed by atoms with Crippen molar-refractivity contribution in [2.45, 2.75) is 83.2 Å². The third-order valence-electron chi connectivity index (χ3n) is 8.58. The van der Waals surface area contributed by atoms with Gasteiger partial charge in [-0.2, -0.15) is 5.26 Å². The molecular formula is C25H35NO5Si. The molecule has 0 aromatic heterocycles. The van der Waals surface area contributed by atoms with E-state index in [-0.39, 0.29) is 36.1 Å². The second kappa shape index (κ2) is 7.38. The van der Waals surface area contributed by atoms with E-state index in [2.05, 4.69) is 38.7 Å². The molecule has 0 aromatic rings. The summed E-state index contributed by atoms with van der Waals surface area (Å²) in [6.07, 6.45) is 8.88. The molecule has 0 aromatic carbocycles. The summed E-state index contributed by atoms with van der Waals surface area (Å²) in [6.45, 7) is 10.1. The maximum Gasteiger partial charge on any atom is 0.302 e. The third kappa shape index (κ3) is 3.18. The van der Waals surface area contributed by atoms with E-state index in [0.29, 0.717) is 19.3 Å². The Morgan fingerprint density at radius 2 is 2.03 bits per heavy atom. The number of nitrogens with zero attached hydrogens (tertiary/aromatic N) is 1. The fraction of sp³-hybridized carbons (Fsp3) is 0.720. The van der Waals surface area contributed by atoms with Gasteiger partial charge in [-0.05, 0) is 57.8 Å². The number of rotatable bonds is 4. The quantitative estimate of drug-likeness (QED) is 0.388. The fourth-order valence-corrected chi connectivity index (χ4v) is 8.74. The predicted molar refractivity (Wildman–Crippen MR) is 122 cm³/mol. The maximum atomic E-state index is 12.3. The lowest BCUT2D eigenvalue weighted by Crippen LogP contribution is -2.66. The van der Waals surface area contributed by atoms with Gasteiger partial charge in [-0.15, -0.1) is 0 Å². The van der Waals surface area contributed by atoms with Crippen LogP contribution in [-0.4, -0.2) is 43.0 Å². The highest BCUT2D eigenvalue weighted by atomic mass is 28.4. The topological polar surface area (TPSA) is 96.6 Å². The Balaban J connectivity index is 1.90. The van der Waals surface area contributed by atoms with Crippen molar-refractivity contribution < 1.29 is 23.9 Å². The lowest BCUT2D eigenvalue weighted by atomic mass is 9.47. The van der Waals surface area contributed by atoms with E-state index in [9.17, 15) is 20.0 Å². The van der Waals surface area contributed by atoms with Crippen molar-refractivity contribution in [2.75, 3.05) is 6.61 Å². The van der Waals surface area contributed by atoms with E-state index < -0.39 is 30.9 Å². The van der Waals surface area contributed by atoms with Gasteiger partial charge in [-0.3, -0.25) is 9.59 Å². The van der Waals surface area contributed by atoms with Gasteiger partial charge in [0.15, 0.2) is 14.1 Å². The van der Waals surface area contributed by atoms with E-state index in [1.165, 1.54) is 13.0 Å².